The molecule has 0 fully saturated rings. The van der Waals surface area contributed by atoms with Crippen LogP contribution in [0, 0.1) is 0 Å². The first-order valence-electron chi connectivity index (χ1n) is 10.2. The maximum atomic E-state index is 9.76. The first kappa shape index (κ1) is 22.9. The molecule has 0 radical (unpaired) electrons. The van der Waals surface area contributed by atoms with Crippen LogP contribution in [0.3, 0.4) is 0 Å². The minimum Gasteiger partial charge on any atom is -0.504 e. The van der Waals surface area contributed by atoms with E-state index in [2.05, 4.69) is 0 Å². The van der Waals surface area contributed by atoms with Crippen molar-refractivity contribution in [2.24, 2.45) is 0 Å². The Balaban J connectivity index is 1.91. The highest BCUT2D eigenvalue weighted by Gasteiger charge is 2.21. The molecule has 4 N–H and O–H groups in total. The SMILES string of the molecule is COc1c(CCc2ccc(O)c(O)c2)cc(CCc2ccc(O)c(O)c2)c(OC)c1OC. The van der Waals surface area contributed by atoms with Crippen LogP contribution >= 0.6 is 0 Å². The molecule has 32 heavy (non-hydrogen) atoms. The predicted molar refractivity (Wildman–Crippen MR) is 120 cm³/mol. The van der Waals surface area contributed by atoms with E-state index >= 15 is 0 Å². The maximum Gasteiger partial charge on any atom is 0.203 e. The van der Waals surface area contributed by atoms with Crippen molar-refractivity contribution >= 4 is 0 Å². The van der Waals surface area contributed by atoms with E-state index in [1.54, 1.807) is 45.6 Å². The molecule has 3 rings (SSSR count). The Morgan fingerprint density at radius 3 is 1.25 bits per heavy atom. The molecule has 0 atom stereocenters. The number of hydrogen-bond acceptors (Lipinski definition) is 7. The molecule has 0 bridgehead atoms. The van der Waals surface area contributed by atoms with Crippen molar-refractivity contribution in [1.82, 2.24) is 0 Å². The highest BCUT2D eigenvalue weighted by molar-refractivity contribution is 5.60. The second-order valence-electron chi connectivity index (χ2n) is 7.44. The van der Waals surface area contributed by atoms with Gasteiger partial charge in [0.15, 0.2) is 34.5 Å². The lowest BCUT2D eigenvalue weighted by atomic mass is 9.96. The van der Waals surface area contributed by atoms with Crippen LogP contribution in [0.15, 0.2) is 42.5 Å². The molecule has 3 aromatic carbocycles. The summed E-state index contributed by atoms with van der Waals surface area (Å²) in [4.78, 5) is 0. The summed E-state index contributed by atoms with van der Waals surface area (Å²) in [6, 6.07) is 11.6. The summed E-state index contributed by atoms with van der Waals surface area (Å²) in [5.41, 5.74) is 3.58. The molecule has 0 aromatic heterocycles. The van der Waals surface area contributed by atoms with Gasteiger partial charge in [0.1, 0.15) is 0 Å². The number of aryl methyl sites for hydroxylation is 4. The number of aromatic hydroxyl groups is 4. The fraction of sp³-hybridized carbons (Fsp3) is 0.280. The van der Waals surface area contributed by atoms with Gasteiger partial charge in [-0.3, -0.25) is 0 Å². The van der Waals surface area contributed by atoms with Crippen molar-refractivity contribution in [3.63, 3.8) is 0 Å². The number of rotatable bonds is 9. The number of methoxy groups -OCH3 is 3. The van der Waals surface area contributed by atoms with Gasteiger partial charge in [-0.05, 0) is 78.3 Å². The molecule has 0 spiro atoms. The zero-order valence-corrected chi connectivity index (χ0v) is 18.4. The summed E-state index contributed by atoms with van der Waals surface area (Å²) < 4.78 is 16.9. The lowest BCUT2D eigenvalue weighted by Gasteiger charge is -2.20. The lowest BCUT2D eigenvalue weighted by molar-refractivity contribution is 0.320. The molecular weight excluding hydrogens is 412 g/mol. The third kappa shape index (κ3) is 4.94. The van der Waals surface area contributed by atoms with Gasteiger partial charge in [0.2, 0.25) is 5.75 Å². The second kappa shape index (κ2) is 10.0. The van der Waals surface area contributed by atoms with Crippen LogP contribution in [0.4, 0.5) is 0 Å². The Bertz CT molecular complexity index is 1010. The zero-order valence-electron chi connectivity index (χ0n) is 18.4. The molecule has 0 aliphatic carbocycles. The van der Waals surface area contributed by atoms with Gasteiger partial charge in [-0.25, -0.2) is 0 Å². The summed E-state index contributed by atoms with van der Waals surface area (Å²) in [6.45, 7) is 0. The van der Waals surface area contributed by atoms with Gasteiger partial charge in [0.25, 0.3) is 0 Å². The molecule has 0 saturated carbocycles. The molecule has 0 aliphatic rings. The molecular formula is C25H28O7. The number of ether oxygens (including phenoxy) is 3. The van der Waals surface area contributed by atoms with Crippen molar-refractivity contribution in [1.29, 1.82) is 0 Å². The number of phenols is 4. The van der Waals surface area contributed by atoms with E-state index in [-0.39, 0.29) is 23.0 Å². The summed E-state index contributed by atoms with van der Waals surface area (Å²) in [5.74, 6) is 1.06. The van der Waals surface area contributed by atoms with E-state index in [1.165, 1.54) is 12.1 Å². The minimum atomic E-state index is -0.153. The number of benzene rings is 3. The molecule has 0 unspecified atom stereocenters. The van der Waals surface area contributed by atoms with Crippen LogP contribution in [0.1, 0.15) is 22.3 Å². The zero-order chi connectivity index (χ0) is 23.3. The Morgan fingerprint density at radius 2 is 0.906 bits per heavy atom. The van der Waals surface area contributed by atoms with Gasteiger partial charge in [-0.1, -0.05) is 12.1 Å². The third-order valence-electron chi connectivity index (χ3n) is 5.40. The topological polar surface area (TPSA) is 109 Å². The van der Waals surface area contributed by atoms with Gasteiger partial charge in [-0.15, -0.1) is 0 Å². The van der Waals surface area contributed by atoms with Gasteiger partial charge in [-0.2, -0.15) is 0 Å². The third-order valence-corrected chi connectivity index (χ3v) is 5.40. The summed E-state index contributed by atoms with van der Waals surface area (Å²) in [6.07, 6.45) is 2.46. The van der Waals surface area contributed by atoms with Gasteiger partial charge >= 0.3 is 0 Å². The fourth-order valence-corrected chi connectivity index (χ4v) is 3.75. The Kier molecular flexibility index (Phi) is 7.20. The van der Waals surface area contributed by atoms with E-state index in [0.29, 0.717) is 42.9 Å². The van der Waals surface area contributed by atoms with Crippen molar-refractivity contribution in [3.8, 4) is 40.2 Å². The van der Waals surface area contributed by atoms with Crippen molar-refractivity contribution in [3.05, 3.63) is 64.7 Å². The molecule has 170 valence electrons. The average Bonchev–Trinajstić information content (AvgIpc) is 2.79. The highest BCUT2D eigenvalue weighted by Crippen LogP contribution is 2.44. The number of phenolic OH excluding ortho intramolecular Hbond substituents is 4. The maximum absolute atomic E-state index is 9.76. The highest BCUT2D eigenvalue weighted by atomic mass is 16.5. The van der Waals surface area contributed by atoms with Crippen molar-refractivity contribution in [2.75, 3.05) is 21.3 Å². The largest absolute Gasteiger partial charge is 0.504 e. The van der Waals surface area contributed by atoms with E-state index in [0.717, 1.165) is 22.3 Å². The normalized spacial score (nSPS) is 10.7. The van der Waals surface area contributed by atoms with Gasteiger partial charge in [0, 0.05) is 0 Å². The van der Waals surface area contributed by atoms with E-state index < -0.39 is 0 Å². The predicted octanol–water partition coefficient (Wildman–Crippen LogP) is 4.11. The van der Waals surface area contributed by atoms with Gasteiger partial charge in [0.05, 0.1) is 21.3 Å². The van der Waals surface area contributed by atoms with Crippen LogP contribution < -0.4 is 14.2 Å². The molecule has 0 aliphatic heterocycles. The molecule has 3 aromatic rings. The van der Waals surface area contributed by atoms with Crippen LogP contribution in [0.5, 0.6) is 40.2 Å². The Labute approximate surface area is 187 Å². The smallest absolute Gasteiger partial charge is 0.203 e. The standard InChI is InChI=1S/C25H28O7/c1-30-23-17(8-4-15-6-10-19(26)21(28)12-15)14-18(24(31-2)25(23)32-3)9-5-16-7-11-20(27)22(29)13-16/h6-7,10-14,26-29H,4-5,8-9H2,1-3H3. The van der Waals surface area contributed by atoms with E-state index in [9.17, 15) is 20.4 Å². The molecule has 7 heteroatoms. The monoisotopic (exact) mass is 440 g/mol. The molecule has 0 heterocycles. The summed E-state index contributed by atoms with van der Waals surface area (Å²) >= 11 is 0. The average molecular weight is 440 g/mol. The fourth-order valence-electron chi connectivity index (χ4n) is 3.75. The first-order chi connectivity index (χ1) is 15.4. The lowest BCUT2D eigenvalue weighted by Crippen LogP contribution is -2.05. The van der Waals surface area contributed by atoms with E-state index in [1.807, 2.05) is 6.07 Å². The summed E-state index contributed by atoms with van der Waals surface area (Å²) in [7, 11) is 4.71. The Morgan fingerprint density at radius 1 is 0.500 bits per heavy atom. The van der Waals surface area contributed by atoms with Crippen LogP contribution in [0.2, 0.25) is 0 Å². The molecule has 0 amide bonds. The quantitative estimate of drug-likeness (QED) is 0.371. The van der Waals surface area contributed by atoms with Crippen LogP contribution in [-0.2, 0) is 25.7 Å². The summed E-state index contributed by atoms with van der Waals surface area (Å²) in [5, 5.41) is 38.6. The minimum absolute atomic E-state index is 0.153. The first-order valence-corrected chi connectivity index (χ1v) is 10.2. The van der Waals surface area contributed by atoms with Gasteiger partial charge < -0.3 is 34.6 Å². The Hall–Kier alpha value is -3.74. The van der Waals surface area contributed by atoms with Crippen molar-refractivity contribution in [2.45, 2.75) is 25.7 Å². The van der Waals surface area contributed by atoms with E-state index in [4.69, 9.17) is 14.2 Å². The van der Waals surface area contributed by atoms with Crippen LogP contribution in [-0.4, -0.2) is 41.8 Å². The second-order valence-corrected chi connectivity index (χ2v) is 7.44. The molecule has 7 nitrogen and oxygen atoms in total. The number of hydrogen-bond donors (Lipinski definition) is 4. The van der Waals surface area contributed by atoms with Crippen LogP contribution in [0.25, 0.3) is 0 Å². The molecule has 0 saturated heterocycles. The van der Waals surface area contributed by atoms with Crippen molar-refractivity contribution < 1.29 is 34.6 Å².